The average molecular weight is 591 g/mol. The number of aryl methyl sites for hydroxylation is 1. The van der Waals surface area contributed by atoms with E-state index in [0.717, 1.165) is 66.3 Å². The second kappa shape index (κ2) is 13.7. The molecule has 0 N–H and O–H groups in total. The highest BCUT2D eigenvalue weighted by atomic mass is 35.5. The van der Waals surface area contributed by atoms with Gasteiger partial charge < -0.3 is 9.47 Å². The van der Waals surface area contributed by atoms with E-state index in [1.165, 1.54) is 4.90 Å². The van der Waals surface area contributed by atoms with Crippen LogP contribution in [0.1, 0.15) is 36.3 Å². The summed E-state index contributed by atoms with van der Waals surface area (Å²) in [5.74, 6) is 0.732. The largest absolute Gasteiger partial charge is 0.464 e. The van der Waals surface area contributed by atoms with Crippen molar-refractivity contribution in [1.29, 1.82) is 0 Å². The van der Waals surface area contributed by atoms with Crippen LogP contribution in [-0.2, 0) is 20.7 Å². The van der Waals surface area contributed by atoms with Gasteiger partial charge in [0.05, 0.1) is 13.2 Å². The summed E-state index contributed by atoms with van der Waals surface area (Å²) in [4.78, 5) is 15.6. The number of rotatable bonds is 10. The van der Waals surface area contributed by atoms with E-state index >= 15 is 4.39 Å². The van der Waals surface area contributed by atoms with Crippen LogP contribution in [0.3, 0.4) is 0 Å². The molecule has 2 aliphatic rings. The summed E-state index contributed by atoms with van der Waals surface area (Å²) < 4.78 is 25.8. The van der Waals surface area contributed by atoms with Crippen molar-refractivity contribution in [3.63, 3.8) is 0 Å². The molecule has 3 aromatic rings. The Bertz CT molecular complexity index is 1290. The van der Waals surface area contributed by atoms with E-state index in [2.05, 4.69) is 17.0 Å². The zero-order valence-corrected chi connectivity index (χ0v) is 24.2. The maximum Gasteiger partial charge on any atom is 0.306 e. The zero-order valence-electron chi connectivity index (χ0n) is 21.9. The van der Waals surface area contributed by atoms with Gasteiger partial charge in [-0.1, -0.05) is 48.0 Å². The molecule has 1 unspecified atom stereocenters. The first-order chi connectivity index (χ1) is 19.0. The lowest BCUT2D eigenvalue weighted by Gasteiger charge is -2.26. The fourth-order valence-corrected chi connectivity index (χ4v) is 7.68. The quantitative estimate of drug-likeness (QED) is 0.140. The molecule has 1 aliphatic heterocycles. The third-order valence-electron chi connectivity index (χ3n) is 7.88. The van der Waals surface area contributed by atoms with Gasteiger partial charge in [0.15, 0.2) is 0 Å². The number of ether oxygens (including phenoxy) is 2. The van der Waals surface area contributed by atoms with Crippen molar-refractivity contribution >= 4 is 51.7 Å². The number of esters is 1. The van der Waals surface area contributed by atoms with Crippen LogP contribution in [0.4, 0.5) is 4.39 Å². The number of fused-ring (bicyclic) bond motifs is 1. The monoisotopic (exact) mass is 589 g/mol. The van der Waals surface area contributed by atoms with Crippen molar-refractivity contribution in [2.45, 2.75) is 41.9 Å². The highest BCUT2D eigenvalue weighted by molar-refractivity contribution is 7.99. The van der Waals surface area contributed by atoms with Crippen LogP contribution in [0.15, 0.2) is 59.5 Å². The summed E-state index contributed by atoms with van der Waals surface area (Å²) in [7, 11) is 0. The molecule has 0 amide bonds. The maximum absolute atomic E-state index is 15.1. The predicted molar refractivity (Wildman–Crippen MR) is 158 cm³/mol. The number of carbonyl (C=O) groups excluding carboxylic acids is 1. The summed E-state index contributed by atoms with van der Waals surface area (Å²) in [5.41, 5.74) is 1.53. The third kappa shape index (κ3) is 7.28. The number of carbonyl (C=O) groups is 1. The Kier molecular flexibility index (Phi) is 10.1. The third-order valence-corrected chi connectivity index (χ3v) is 9.97. The Hall–Kier alpha value is -1.83. The van der Waals surface area contributed by atoms with Crippen molar-refractivity contribution in [3.05, 3.63) is 76.6 Å². The normalized spacial score (nSPS) is 21.9. The smallest absolute Gasteiger partial charge is 0.306 e. The molecule has 3 aromatic carbocycles. The number of thioether (sulfide) groups is 1. The summed E-state index contributed by atoms with van der Waals surface area (Å²) in [5, 5.41) is 3.00. The number of morpholine rings is 1. The summed E-state index contributed by atoms with van der Waals surface area (Å²) in [6, 6.07) is 17.7. The van der Waals surface area contributed by atoms with Gasteiger partial charge in [-0.15, -0.1) is 23.4 Å². The van der Waals surface area contributed by atoms with E-state index < -0.39 is 0 Å². The summed E-state index contributed by atoms with van der Waals surface area (Å²) in [6.45, 7) is 4.21. The second-order valence-corrected chi connectivity index (χ2v) is 12.3. The Morgan fingerprint density at radius 1 is 1.08 bits per heavy atom. The maximum atomic E-state index is 15.1. The standard InChI is InChI=1S/C31H34Cl2FNO3S/c32-27-10-11-30(25-4-2-1-3-24(25)27)39-20-26-23(8-9-28(26)33)22-6-5-21(29(34)19-22)7-12-31(36)38-18-15-35-13-16-37-17-14-35/h1-6,10-11,19,23,26,28H,7-9,12-18,20H2/t23-,26-,28?/m1/s1. The molecule has 39 heavy (non-hydrogen) atoms. The van der Waals surface area contributed by atoms with Gasteiger partial charge in [0.1, 0.15) is 12.4 Å². The van der Waals surface area contributed by atoms with Gasteiger partial charge in [-0.05, 0) is 65.8 Å². The number of alkyl halides is 1. The van der Waals surface area contributed by atoms with Crippen molar-refractivity contribution in [1.82, 2.24) is 4.90 Å². The SMILES string of the molecule is O=C(CCc1ccc([C@H]2CCC(Cl)[C@@H]2CSc2ccc(Cl)c3ccccc23)cc1F)OCCN1CCOCC1. The van der Waals surface area contributed by atoms with Gasteiger partial charge in [0.25, 0.3) is 0 Å². The molecule has 1 saturated carbocycles. The molecule has 208 valence electrons. The minimum Gasteiger partial charge on any atom is -0.464 e. The first kappa shape index (κ1) is 28.7. The Labute approximate surface area is 244 Å². The summed E-state index contributed by atoms with van der Waals surface area (Å²) in [6.07, 6.45) is 2.35. The van der Waals surface area contributed by atoms with Crippen molar-refractivity contribution in [3.8, 4) is 0 Å². The number of benzene rings is 3. The molecular formula is C31H34Cl2FNO3S. The van der Waals surface area contributed by atoms with Gasteiger partial charge in [0, 0.05) is 52.5 Å². The van der Waals surface area contributed by atoms with Crippen LogP contribution in [0, 0.1) is 11.7 Å². The molecule has 2 fully saturated rings. The zero-order chi connectivity index (χ0) is 27.2. The highest BCUT2D eigenvalue weighted by Crippen LogP contribution is 2.46. The number of hydrogen-bond acceptors (Lipinski definition) is 5. The van der Waals surface area contributed by atoms with E-state index in [0.29, 0.717) is 25.1 Å². The fourth-order valence-electron chi connectivity index (χ4n) is 5.62. The number of hydrogen-bond donors (Lipinski definition) is 0. The lowest BCUT2D eigenvalue weighted by Crippen LogP contribution is -2.38. The Morgan fingerprint density at radius 2 is 1.87 bits per heavy atom. The molecular weight excluding hydrogens is 556 g/mol. The van der Waals surface area contributed by atoms with Crippen LogP contribution in [0.2, 0.25) is 5.02 Å². The molecule has 0 aromatic heterocycles. The molecule has 0 bridgehead atoms. The fraction of sp³-hybridized carbons (Fsp3) is 0.452. The Balaban J connectivity index is 1.16. The lowest BCUT2D eigenvalue weighted by molar-refractivity contribution is -0.144. The molecule has 5 rings (SSSR count). The van der Waals surface area contributed by atoms with Crippen molar-refractivity contribution < 1.29 is 18.7 Å². The van der Waals surface area contributed by atoms with Gasteiger partial charge in [-0.2, -0.15) is 0 Å². The number of halogens is 3. The van der Waals surface area contributed by atoms with E-state index in [9.17, 15) is 4.79 Å². The van der Waals surface area contributed by atoms with Crippen LogP contribution in [0.5, 0.6) is 0 Å². The van der Waals surface area contributed by atoms with Crippen molar-refractivity contribution in [2.24, 2.45) is 5.92 Å². The van der Waals surface area contributed by atoms with E-state index in [1.54, 1.807) is 17.8 Å². The molecule has 0 spiro atoms. The molecule has 1 saturated heterocycles. The molecule has 0 radical (unpaired) electrons. The van der Waals surface area contributed by atoms with E-state index in [-0.39, 0.29) is 35.4 Å². The Morgan fingerprint density at radius 3 is 2.67 bits per heavy atom. The van der Waals surface area contributed by atoms with E-state index in [1.807, 2.05) is 36.4 Å². The van der Waals surface area contributed by atoms with Crippen LogP contribution in [-0.4, -0.2) is 61.5 Å². The van der Waals surface area contributed by atoms with E-state index in [4.69, 9.17) is 32.7 Å². The number of nitrogens with zero attached hydrogens (tertiary/aromatic N) is 1. The molecule has 3 atom stereocenters. The predicted octanol–water partition coefficient (Wildman–Crippen LogP) is 7.33. The molecule has 8 heteroatoms. The minimum atomic E-state index is -0.292. The van der Waals surface area contributed by atoms with Crippen molar-refractivity contribution in [2.75, 3.05) is 45.2 Å². The molecule has 1 aliphatic carbocycles. The van der Waals surface area contributed by atoms with Gasteiger partial charge in [-0.25, -0.2) is 4.39 Å². The summed E-state index contributed by atoms with van der Waals surface area (Å²) >= 11 is 15.0. The topological polar surface area (TPSA) is 38.8 Å². The second-order valence-electron chi connectivity index (χ2n) is 10.3. The van der Waals surface area contributed by atoms with Crippen LogP contribution >= 0.6 is 35.0 Å². The van der Waals surface area contributed by atoms with Gasteiger partial charge in [-0.3, -0.25) is 9.69 Å². The highest BCUT2D eigenvalue weighted by Gasteiger charge is 2.36. The molecule has 1 heterocycles. The average Bonchev–Trinajstić information content (AvgIpc) is 3.32. The van der Waals surface area contributed by atoms with Gasteiger partial charge in [0.2, 0.25) is 0 Å². The molecule has 4 nitrogen and oxygen atoms in total. The van der Waals surface area contributed by atoms with Crippen LogP contribution < -0.4 is 0 Å². The lowest BCUT2D eigenvalue weighted by atomic mass is 9.89. The van der Waals surface area contributed by atoms with Crippen LogP contribution in [0.25, 0.3) is 10.8 Å². The minimum absolute atomic E-state index is 0.0519. The first-order valence-electron chi connectivity index (χ1n) is 13.7. The van der Waals surface area contributed by atoms with Gasteiger partial charge >= 0.3 is 5.97 Å². The first-order valence-corrected chi connectivity index (χ1v) is 15.5.